The third-order valence-electron chi connectivity index (χ3n) is 0.1000. The van der Waals surface area contributed by atoms with Gasteiger partial charge in [0, 0.05) is 0 Å². The van der Waals surface area contributed by atoms with Crippen LogP contribution in [0.15, 0.2) is 0 Å². The number of hydrogen-bond acceptors (Lipinski definition) is 2. The van der Waals surface area contributed by atoms with Gasteiger partial charge >= 0.3 is 17.6 Å². The van der Waals surface area contributed by atoms with Gasteiger partial charge in [0.15, 0.2) is 0 Å². The molecule has 0 saturated heterocycles. The van der Waals surface area contributed by atoms with Gasteiger partial charge in [-0.25, -0.2) is 0 Å². The van der Waals surface area contributed by atoms with Crippen LogP contribution in [0.1, 0.15) is 0 Å². The molecule has 0 rings (SSSR count). The molecular weight excluding hydrogens is 129 g/mol. The van der Waals surface area contributed by atoms with E-state index in [2.05, 4.69) is 0 Å². The van der Waals surface area contributed by atoms with E-state index in [1.807, 2.05) is 0 Å². The Labute approximate surface area is 41.8 Å². The van der Waals surface area contributed by atoms with Crippen molar-refractivity contribution in [3.8, 4) is 0 Å². The van der Waals surface area contributed by atoms with Crippen LogP contribution in [-0.4, -0.2) is 41.0 Å². The maximum atomic E-state index is 7.62. The van der Waals surface area contributed by atoms with Crippen molar-refractivity contribution >= 4 is 17.6 Å². The molecule has 0 saturated carbocycles. The molecule has 0 amide bonds. The third-order valence-corrected chi connectivity index (χ3v) is 0.1000. The second-order valence-corrected chi connectivity index (χ2v) is 0.447. The Balaban J connectivity index is 0. The Bertz CT molecular complexity index is 9.61. The first-order chi connectivity index (χ1) is 1.91. The molecule has 0 fully saturated rings. The molecule has 0 radical (unpaired) electrons. The van der Waals surface area contributed by atoms with Crippen molar-refractivity contribution < 1.29 is 10.2 Å². The summed E-state index contributed by atoms with van der Waals surface area (Å²) in [7, 11) is 0. The van der Waals surface area contributed by atoms with Gasteiger partial charge < -0.3 is 10.2 Å². The minimum absolute atomic E-state index is 0. The summed E-state index contributed by atoms with van der Waals surface area (Å²) in [5.41, 5.74) is 0. The van der Waals surface area contributed by atoms with Crippen LogP contribution in [0.3, 0.4) is 0 Å². The predicted octanol–water partition coefficient (Wildman–Crippen LogP) is -2.48. The average molecular weight is 139 g/mol. The van der Waals surface area contributed by atoms with Crippen molar-refractivity contribution in [3.63, 3.8) is 0 Å². The fourth-order valence-electron chi connectivity index (χ4n) is 0. The molecule has 0 spiro atoms. The predicted molar refractivity (Wildman–Crippen MR) is 25.5 cm³/mol. The van der Waals surface area contributed by atoms with E-state index in [9.17, 15) is 0 Å². The van der Waals surface area contributed by atoms with E-state index < -0.39 is 0 Å². The summed E-state index contributed by atoms with van der Waals surface area (Å²) < 4.78 is 0. The zero-order valence-corrected chi connectivity index (χ0v) is 2.31. The van der Waals surface area contributed by atoms with E-state index >= 15 is 0 Å². The normalized spacial score (nSPS) is 6.00. The van der Waals surface area contributed by atoms with Gasteiger partial charge in [-0.2, -0.15) is 0 Å². The second kappa shape index (κ2) is 8.82. The Morgan fingerprint density at radius 3 is 1.20 bits per heavy atom. The summed E-state index contributed by atoms with van der Waals surface area (Å²) in [6, 6.07) is 0. The molecule has 5 heavy (non-hydrogen) atoms. The fourth-order valence-corrected chi connectivity index (χ4v) is 0. The average Bonchev–Trinajstić information content (AvgIpc) is 1.37. The molecule has 2 N–H and O–H groups in total. The molecule has 0 aromatic rings. The van der Waals surface area contributed by atoms with Crippen molar-refractivity contribution in [2.24, 2.45) is 0 Å². The number of aliphatic hydroxyl groups excluding tert-OH is 2. The van der Waals surface area contributed by atoms with Crippen LogP contribution in [0.2, 0.25) is 0 Å². The number of rotatable bonds is 1. The van der Waals surface area contributed by atoms with Gasteiger partial charge in [-0.3, -0.25) is 0 Å². The Morgan fingerprint density at radius 2 is 1.20 bits per heavy atom. The van der Waals surface area contributed by atoms with Crippen molar-refractivity contribution in [1.29, 1.82) is 0 Å². The van der Waals surface area contributed by atoms with Crippen LogP contribution in [0.5, 0.6) is 0 Å². The van der Waals surface area contributed by atoms with Gasteiger partial charge in [0.25, 0.3) is 0 Å². The summed E-state index contributed by atoms with van der Waals surface area (Å²) in [4.78, 5) is 0. The van der Waals surface area contributed by atoms with Crippen LogP contribution in [0, 0.1) is 0 Å². The van der Waals surface area contributed by atoms with Crippen LogP contribution in [0.25, 0.3) is 0 Å². The zero-order valence-electron chi connectivity index (χ0n) is 2.31. The van der Waals surface area contributed by atoms with Gasteiger partial charge in [-0.15, -0.1) is 0 Å². The van der Waals surface area contributed by atoms with Gasteiger partial charge in [0.2, 0.25) is 0 Å². The molecule has 34 valence electrons. The Morgan fingerprint density at radius 1 is 1.00 bits per heavy atom. The molecule has 0 atom stereocenters. The Hall–Kier alpha value is 0.463. The molecule has 3 heteroatoms. The SMILES string of the molecule is OCCO.[GeH4]. The summed E-state index contributed by atoms with van der Waals surface area (Å²) in [6.45, 7) is -0.250. The third kappa shape index (κ3) is 12.6. The summed E-state index contributed by atoms with van der Waals surface area (Å²) in [5.74, 6) is 0. The molecule has 0 aromatic carbocycles. The molecule has 0 unspecified atom stereocenters. The van der Waals surface area contributed by atoms with Crippen LogP contribution in [-0.2, 0) is 0 Å². The molecule has 2 nitrogen and oxygen atoms in total. The molecule has 0 aliphatic heterocycles. The molecule has 0 heterocycles. The molecule has 0 aliphatic carbocycles. The van der Waals surface area contributed by atoms with Crippen LogP contribution in [0.4, 0.5) is 0 Å². The Kier molecular flexibility index (Phi) is 16.0. The minimum atomic E-state index is -0.125. The monoisotopic (exact) mass is 140 g/mol. The van der Waals surface area contributed by atoms with Gasteiger partial charge in [-0.05, 0) is 0 Å². The maximum absolute atomic E-state index is 7.62. The van der Waals surface area contributed by atoms with Gasteiger partial charge in [0.05, 0.1) is 13.2 Å². The van der Waals surface area contributed by atoms with Crippen molar-refractivity contribution in [2.75, 3.05) is 13.2 Å². The number of aliphatic hydroxyl groups is 2. The van der Waals surface area contributed by atoms with Crippen LogP contribution >= 0.6 is 0 Å². The topological polar surface area (TPSA) is 40.5 Å². The van der Waals surface area contributed by atoms with E-state index in [-0.39, 0.29) is 30.8 Å². The zero-order chi connectivity index (χ0) is 3.41. The van der Waals surface area contributed by atoms with Gasteiger partial charge in [0.1, 0.15) is 0 Å². The van der Waals surface area contributed by atoms with E-state index in [4.69, 9.17) is 10.2 Å². The summed E-state index contributed by atoms with van der Waals surface area (Å²) in [6.07, 6.45) is 0. The first-order valence-corrected chi connectivity index (χ1v) is 1.13. The van der Waals surface area contributed by atoms with E-state index in [1.165, 1.54) is 0 Å². The quantitative estimate of drug-likeness (QED) is 0.394. The molecule has 0 aliphatic rings. The summed E-state index contributed by atoms with van der Waals surface area (Å²) >= 11 is 0. The first-order valence-electron chi connectivity index (χ1n) is 1.13. The van der Waals surface area contributed by atoms with Crippen molar-refractivity contribution in [1.82, 2.24) is 0 Å². The standard InChI is InChI=1S/C2H6O2.GeH4/c3-1-2-4;/h3-4H,1-2H2;1H4. The molecule has 0 aromatic heterocycles. The number of hydrogen-bond donors (Lipinski definition) is 2. The van der Waals surface area contributed by atoms with Crippen LogP contribution < -0.4 is 0 Å². The molecular formula is C2H10GeO2. The van der Waals surface area contributed by atoms with E-state index in [0.29, 0.717) is 0 Å². The van der Waals surface area contributed by atoms with E-state index in [0.717, 1.165) is 0 Å². The van der Waals surface area contributed by atoms with Crippen molar-refractivity contribution in [2.45, 2.75) is 0 Å². The summed E-state index contributed by atoms with van der Waals surface area (Å²) in [5, 5.41) is 15.2. The van der Waals surface area contributed by atoms with E-state index in [1.54, 1.807) is 0 Å². The fraction of sp³-hybridized carbons (Fsp3) is 1.00. The molecule has 0 bridgehead atoms. The van der Waals surface area contributed by atoms with Gasteiger partial charge in [-0.1, -0.05) is 0 Å². The second-order valence-electron chi connectivity index (χ2n) is 0.447. The first kappa shape index (κ1) is 9.07. The van der Waals surface area contributed by atoms with Crippen molar-refractivity contribution in [3.05, 3.63) is 0 Å².